The van der Waals surface area contributed by atoms with Crippen molar-refractivity contribution in [1.29, 1.82) is 0 Å². The Labute approximate surface area is 94.0 Å². The Morgan fingerprint density at radius 2 is 2.31 bits per heavy atom. The lowest BCUT2D eigenvalue weighted by molar-refractivity contribution is 0.218. The molecule has 1 aromatic heterocycles. The molecule has 0 saturated carbocycles. The van der Waals surface area contributed by atoms with Crippen LogP contribution in [0.1, 0.15) is 26.0 Å². The first-order chi connectivity index (χ1) is 7.43. The number of aromatic nitrogens is 1. The number of carbonyl (C=O) groups excluding carboxylic acids is 1. The molecule has 6 heteroatoms. The Balaban J connectivity index is 2.47. The number of hydrogen-bond donors (Lipinski definition) is 3. The monoisotopic (exact) mass is 227 g/mol. The molecule has 3 N–H and O–H groups in total. The van der Waals surface area contributed by atoms with Crippen LogP contribution in [-0.2, 0) is 0 Å². The van der Waals surface area contributed by atoms with Gasteiger partial charge in [0.15, 0.2) is 5.82 Å². The number of aryl methyl sites for hydroxylation is 1. The third-order valence-electron chi connectivity index (χ3n) is 2.06. The Hall–Kier alpha value is -1.56. The van der Waals surface area contributed by atoms with E-state index in [4.69, 9.17) is 9.63 Å². The summed E-state index contributed by atoms with van der Waals surface area (Å²) in [7, 11) is 0. The van der Waals surface area contributed by atoms with Crippen molar-refractivity contribution in [3.63, 3.8) is 0 Å². The lowest BCUT2D eigenvalue weighted by atomic mass is 10.0. The largest absolute Gasteiger partial charge is 0.396 e. The molecule has 0 aliphatic rings. The maximum Gasteiger partial charge on any atom is 0.320 e. The summed E-state index contributed by atoms with van der Waals surface area (Å²) in [5.74, 6) is 1.000. The molecular formula is C10H17N3O3. The highest BCUT2D eigenvalue weighted by Gasteiger charge is 2.20. The zero-order valence-corrected chi connectivity index (χ0v) is 9.70. The predicted molar refractivity (Wildman–Crippen MR) is 59.2 cm³/mol. The van der Waals surface area contributed by atoms with Gasteiger partial charge in [-0.3, -0.25) is 5.32 Å². The molecule has 0 aliphatic heterocycles. The van der Waals surface area contributed by atoms with Crippen molar-refractivity contribution in [2.75, 3.05) is 11.9 Å². The van der Waals surface area contributed by atoms with Crippen LogP contribution in [0.5, 0.6) is 0 Å². The van der Waals surface area contributed by atoms with E-state index >= 15 is 0 Å². The number of amides is 2. The van der Waals surface area contributed by atoms with Crippen LogP contribution in [0, 0.1) is 6.92 Å². The van der Waals surface area contributed by atoms with Crippen LogP contribution in [-0.4, -0.2) is 28.4 Å². The highest BCUT2D eigenvalue weighted by Crippen LogP contribution is 2.09. The number of nitrogens with zero attached hydrogens (tertiary/aromatic N) is 1. The molecule has 0 spiro atoms. The molecule has 0 radical (unpaired) electrons. The van der Waals surface area contributed by atoms with E-state index in [0.717, 1.165) is 0 Å². The normalized spacial score (nSPS) is 11.2. The van der Waals surface area contributed by atoms with Crippen molar-refractivity contribution in [3.05, 3.63) is 11.8 Å². The summed E-state index contributed by atoms with van der Waals surface area (Å²) in [5, 5.41) is 17.7. The molecule has 1 rings (SSSR count). The Kier molecular flexibility index (Phi) is 3.89. The number of aliphatic hydroxyl groups excluding tert-OH is 1. The fourth-order valence-corrected chi connectivity index (χ4v) is 1.22. The van der Waals surface area contributed by atoms with Crippen LogP contribution in [0.25, 0.3) is 0 Å². The summed E-state index contributed by atoms with van der Waals surface area (Å²) in [4.78, 5) is 11.5. The van der Waals surface area contributed by atoms with Gasteiger partial charge in [0.2, 0.25) is 0 Å². The van der Waals surface area contributed by atoms with Crippen molar-refractivity contribution in [3.8, 4) is 0 Å². The van der Waals surface area contributed by atoms with E-state index in [2.05, 4.69) is 15.8 Å². The molecule has 1 aromatic rings. The number of anilines is 1. The van der Waals surface area contributed by atoms with Gasteiger partial charge in [0.25, 0.3) is 0 Å². The first-order valence-corrected chi connectivity index (χ1v) is 5.06. The SMILES string of the molecule is Cc1cc(NC(=O)NC(C)(C)CCO)no1. The summed E-state index contributed by atoms with van der Waals surface area (Å²) >= 11 is 0. The summed E-state index contributed by atoms with van der Waals surface area (Å²) in [6.07, 6.45) is 0.484. The molecule has 0 aromatic carbocycles. The summed E-state index contributed by atoms with van der Waals surface area (Å²) < 4.78 is 4.81. The smallest absolute Gasteiger partial charge is 0.320 e. The Bertz CT molecular complexity index is 360. The van der Waals surface area contributed by atoms with E-state index < -0.39 is 5.54 Å². The number of nitrogens with one attached hydrogen (secondary N) is 2. The zero-order chi connectivity index (χ0) is 12.2. The van der Waals surface area contributed by atoms with E-state index in [0.29, 0.717) is 18.0 Å². The van der Waals surface area contributed by atoms with Crippen LogP contribution in [0.3, 0.4) is 0 Å². The van der Waals surface area contributed by atoms with Gasteiger partial charge in [0, 0.05) is 18.2 Å². The number of aliphatic hydroxyl groups is 1. The number of carbonyl (C=O) groups is 1. The van der Waals surface area contributed by atoms with Gasteiger partial charge in [-0.1, -0.05) is 5.16 Å². The zero-order valence-electron chi connectivity index (χ0n) is 9.70. The van der Waals surface area contributed by atoms with Crippen LogP contribution in [0.15, 0.2) is 10.6 Å². The molecule has 0 fully saturated rings. The van der Waals surface area contributed by atoms with Crippen molar-refractivity contribution < 1.29 is 14.4 Å². The van der Waals surface area contributed by atoms with Crippen molar-refractivity contribution in [1.82, 2.24) is 10.5 Å². The molecule has 0 bridgehead atoms. The van der Waals surface area contributed by atoms with Crippen molar-refractivity contribution >= 4 is 11.8 Å². The third-order valence-corrected chi connectivity index (χ3v) is 2.06. The summed E-state index contributed by atoms with van der Waals surface area (Å²) in [6.45, 7) is 5.43. The second-order valence-electron chi connectivity index (χ2n) is 4.26. The molecule has 0 aliphatic carbocycles. The minimum absolute atomic E-state index is 0.0242. The molecule has 6 nitrogen and oxygen atoms in total. The molecule has 16 heavy (non-hydrogen) atoms. The first kappa shape index (κ1) is 12.5. The fourth-order valence-electron chi connectivity index (χ4n) is 1.22. The van der Waals surface area contributed by atoms with Crippen LogP contribution >= 0.6 is 0 Å². The van der Waals surface area contributed by atoms with Crippen LogP contribution in [0.4, 0.5) is 10.6 Å². The standard InChI is InChI=1S/C10H17N3O3/c1-7-6-8(13-16-7)11-9(15)12-10(2,3)4-5-14/h6,14H,4-5H2,1-3H3,(H2,11,12,13,15). The molecule has 0 unspecified atom stereocenters. The maximum absolute atomic E-state index is 11.5. The number of rotatable bonds is 4. The van der Waals surface area contributed by atoms with Gasteiger partial charge in [0.1, 0.15) is 5.76 Å². The average Bonchev–Trinajstić information content (AvgIpc) is 2.49. The quantitative estimate of drug-likeness (QED) is 0.722. The summed E-state index contributed by atoms with van der Waals surface area (Å²) in [6, 6.07) is 1.25. The van der Waals surface area contributed by atoms with Crippen LogP contribution in [0.2, 0.25) is 0 Å². The number of urea groups is 1. The van der Waals surface area contributed by atoms with Gasteiger partial charge >= 0.3 is 6.03 Å². The van der Waals surface area contributed by atoms with Crippen LogP contribution < -0.4 is 10.6 Å². The molecule has 1 heterocycles. The molecular weight excluding hydrogens is 210 g/mol. The van der Waals surface area contributed by atoms with Crippen molar-refractivity contribution in [2.24, 2.45) is 0 Å². The second kappa shape index (κ2) is 4.98. The minimum Gasteiger partial charge on any atom is -0.396 e. The van der Waals surface area contributed by atoms with E-state index in [9.17, 15) is 4.79 Å². The number of hydrogen-bond acceptors (Lipinski definition) is 4. The van der Waals surface area contributed by atoms with Gasteiger partial charge < -0.3 is 14.9 Å². The second-order valence-corrected chi connectivity index (χ2v) is 4.26. The van der Waals surface area contributed by atoms with Gasteiger partial charge in [-0.2, -0.15) is 0 Å². The highest BCUT2D eigenvalue weighted by molar-refractivity contribution is 5.88. The third kappa shape index (κ3) is 3.90. The molecule has 0 saturated heterocycles. The Morgan fingerprint density at radius 3 is 2.81 bits per heavy atom. The lowest BCUT2D eigenvalue weighted by Gasteiger charge is -2.24. The average molecular weight is 227 g/mol. The Morgan fingerprint density at radius 1 is 1.62 bits per heavy atom. The van der Waals surface area contributed by atoms with E-state index in [1.165, 1.54) is 0 Å². The van der Waals surface area contributed by atoms with Gasteiger partial charge in [-0.05, 0) is 27.2 Å². The lowest BCUT2D eigenvalue weighted by Crippen LogP contribution is -2.46. The molecule has 2 amide bonds. The van der Waals surface area contributed by atoms with Gasteiger partial charge in [0.05, 0.1) is 0 Å². The molecule has 0 atom stereocenters. The van der Waals surface area contributed by atoms with E-state index in [1.54, 1.807) is 13.0 Å². The van der Waals surface area contributed by atoms with Gasteiger partial charge in [-0.15, -0.1) is 0 Å². The van der Waals surface area contributed by atoms with E-state index in [1.807, 2.05) is 13.8 Å². The highest BCUT2D eigenvalue weighted by atomic mass is 16.5. The predicted octanol–water partition coefficient (Wildman–Crippen LogP) is 1.27. The summed E-state index contributed by atoms with van der Waals surface area (Å²) in [5.41, 5.74) is -0.461. The minimum atomic E-state index is -0.461. The fraction of sp³-hybridized carbons (Fsp3) is 0.600. The van der Waals surface area contributed by atoms with E-state index in [-0.39, 0.29) is 12.6 Å². The van der Waals surface area contributed by atoms with Gasteiger partial charge in [-0.25, -0.2) is 4.79 Å². The molecule has 90 valence electrons. The first-order valence-electron chi connectivity index (χ1n) is 5.06. The maximum atomic E-state index is 11.5. The van der Waals surface area contributed by atoms with Crippen molar-refractivity contribution in [2.45, 2.75) is 32.7 Å². The topological polar surface area (TPSA) is 87.4 Å².